The normalized spacial score (nSPS) is 16.7. The van der Waals surface area contributed by atoms with Gasteiger partial charge in [-0.25, -0.2) is 0 Å². The standard InChI is InChI=1S/C22H24ClN3O/c1-14(15-10-24-11-15)22(27)26-13-18(16-6-2-4-8-20(16)23)19-12-25-21-9-5-3-7-17(19)21/h2-9,12,14-15,18,24-25H,10-11,13H2,1H3,(H,26,27). The number of carbonyl (C=O) groups is 1. The fourth-order valence-corrected chi connectivity index (χ4v) is 4.04. The highest BCUT2D eigenvalue weighted by atomic mass is 35.5. The summed E-state index contributed by atoms with van der Waals surface area (Å²) in [6.07, 6.45) is 2.03. The number of para-hydroxylation sites is 1. The fraction of sp³-hybridized carbons (Fsp3) is 0.318. The van der Waals surface area contributed by atoms with Gasteiger partial charge in [0.15, 0.2) is 0 Å². The molecule has 1 aromatic heterocycles. The molecule has 0 saturated carbocycles. The molecule has 2 unspecified atom stereocenters. The molecule has 3 aromatic rings. The molecular formula is C22H24ClN3O. The third-order valence-electron chi connectivity index (χ3n) is 5.69. The average Bonchev–Trinajstić information content (AvgIpc) is 3.06. The molecule has 0 spiro atoms. The van der Waals surface area contributed by atoms with Gasteiger partial charge in [-0.05, 0) is 42.3 Å². The number of hydrogen-bond donors (Lipinski definition) is 3. The van der Waals surface area contributed by atoms with E-state index in [1.807, 2.05) is 49.5 Å². The van der Waals surface area contributed by atoms with Crippen molar-refractivity contribution in [1.29, 1.82) is 0 Å². The summed E-state index contributed by atoms with van der Waals surface area (Å²) in [5.74, 6) is 0.543. The molecule has 2 atom stereocenters. The molecule has 4 rings (SSSR count). The minimum Gasteiger partial charge on any atom is -0.361 e. The van der Waals surface area contributed by atoms with Crippen LogP contribution in [0, 0.1) is 11.8 Å². The predicted octanol–water partition coefficient (Wildman–Crippen LogP) is 3.92. The number of aromatic amines is 1. The molecule has 1 saturated heterocycles. The summed E-state index contributed by atoms with van der Waals surface area (Å²) in [6.45, 7) is 4.38. The predicted molar refractivity (Wildman–Crippen MR) is 110 cm³/mol. The SMILES string of the molecule is CC(C(=O)NCC(c1ccccc1Cl)c1c[nH]c2ccccc12)C1CNC1. The number of hydrogen-bond acceptors (Lipinski definition) is 2. The van der Waals surface area contributed by atoms with Gasteiger partial charge in [0, 0.05) is 40.5 Å². The minimum atomic E-state index is -0.00878. The number of fused-ring (bicyclic) bond motifs is 1. The monoisotopic (exact) mass is 381 g/mol. The largest absolute Gasteiger partial charge is 0.361 e. The lowest BCUT2D eigenvalue weighted by atomic mass is 9.87. The topological polar surface area (TPSA) is 56.9 Å². The van der Waals surface area contributed by atoms with E-state index in [-0.39, 0.29) is 17.7 Å². The first-order valence-electron chi connectivity index (χ1n) is 9.44. The van der Waals surface area contributed by atoms with Crippen LogP contribution in [0.4, 0.5) is 0 Å². The average molecular weight is 382 g/mol. The van der Waals surface area contributed by atoms with Crippen LogP contribution in [0.3, 0.4) is 0 Å². The van der Waals surface area contributed by atoms with Crippen LogP contribution in [0.25, 0.3) is 10.9 Å². The van der Waals surface area contributed by atoms with Gasteiger partial charge < -0.3 is 15.6 Å². The molecule has 1 fully saturated rings. The molecule has 0 radical (unpaired) electrons. The summed E-state index contributed by atoms with van der Waals surface area (Å²) >= 11 is 6.52. The van der Waals surface area contributed by atoms with Gasteiger partial charge in [-0.3, -0.25) is 4.79 Å². The minimum absolute atomic E-state index is 0.00878. The van der Waals surface area contributed by atoms with Crippen molar-refractivity contribution in [3.8, 4) is 0 Å². The van der Waals surface area contributed by atoms with Gasteiger partial charge in [0.05, 0.1) is 0 Å². The molecule has 5 heteroatoms. The highest BCUT2D eigenvalue weighted by Crippen LogP contribution is 2.34. The van der Waals surface area contributed by atoms with Crippen molar-refractivity contribution in [3.63, 3.8) is 0 Å². The Morgan fingerprint density at radius 1 is 1.15 bits per heavy atom. The zero-order chi connectivity index (χ0) is 18.8. The Balaban J connectivity index is 1.62. The van der Waals surface area contributed by atoms with E-state index in [2.05, 4.69) is 27.8 Å². The smallest absolute Gasteiger partial charge is 0.223 e. The molecule has 2 aromatic carbocycles. The van der Waals surface area contributed by atoms with Crippen LogP contribution in [0.5, 0.6) is 0 Å². The molecule has 27 heavy (non-hydrogen) atoms. The molecule has 4 nitrogen and oxygen atoms in total. The third-order valence-corrected chi connectivity index (χ3v) is 6.04. The summed E-state index contributed by atoms with van der Waals surface area (Å²) in [4.78, 5) is 16.0. The number of aromatic nitrogens is 1. The number of benzene rings is 2. The molecular weight excluding hydrogens is 358 g/mol. The van der Waals surface area contributed by atoms with Gasteiger partial charge in [-0.1, -0.05) is 54.9 Å². The number of amides is 1. The van der Waals surface area contributed by atoms with Crippen LogP contribution in [0.1, 0.15) is 24.0 Å². The first-order chi connectivity index (χ1) is 13.1. The first-order valence-corrected chi connectivity index (χ1v) is 9.82. The molecule has 1 amide bonds. The third kappa shape index (κ3) is 3.60. The number of halogens is 1. The molecule has 2 heterocycles. The summed E-state index contributed by atoms with van der Waals surface area (Å²) < 4.78 is 0. The Morgan fingerprint density at radius 3 is 2.63 bits per heavy atom. The van der Waals surface area contributed by atoms with Crippen LogP contribution in [-0.4, -0.2) is 30.5 Å². The van der Waals surface area contributed by atoms with Crippen LogP contribution in [-0.2, 0) is 4.79 Å². The summed E-state index contributed by atoms with van der Waals surface area (Å²) in [6, 6.07) is 16.1. The Labute approximate surface area is 164 Å². The van der Waals surface area contributed by atoms with Crippen LogP contribution in [0.2, 0.25) is 5.02 Å². The lowest BCUT2D eigenvalue weighted by molar-refractivity contribution is -0.126. The van der Waals surface area contributed by atoms with Gasteiger partial charge in [-0.2, -0.15) is 0 Å². The van der Waals surface area contributed by atoms with Crippen LogP contribution in [0.15, 0.2) is 54.7 Å². The number of nitrogens with one attached hydrogen (secondary N) is 3. The quantitative estimate of drug-likeness (QED) is 0.606. The van der Waals surface area contributed by atoms with E-state index in [9.17, 15) is 4.79 Å². The van der Waals surface area contributed by atoms with Crippen molar-refractivity contribution in [2.45, 2.75) is 12.8 Å². The van der Waals surface area contributed by atoms with E-state index < -0.39 is 0 Å². The maximum atomic E-state index is 12.7. The van der Waals surface area contributed by atoms with Gasteiger partial charge in [0.2, 0.25) is 5.91 Å². The Kier molecular flexibility index (Phi) is 5.19. The van der Waals surface area contributed by atoms with E-state index in [4.69, 9.17) is 11.6 Å². The van der Waals surface area contributed by atoms with Gasteiger partial charge in [0.25, 0.3) is 0 Å². The van der Waals surface area contributed by atoms with Crippen molar-refractivity contribution in [1.82, 2.24) is 15.6 Å². The van der Waals surface area contributed by atoms with E-state index in [1.54, 1.807) is 0 Å². The van der Waals surface area contributed by atoms with Crippen molar-refractivity contribution < 1.29 is 4.79 Å². The Morgan fingerprint density at radius 2 is 1.89 bits per heavy atom. The number of carbonyl (C=O) groups excluding carboxylic acids is 1. The summed E-state index contributed by atoms with van der Waals surface area (Å²) in [5.41, 5.74) is 3.27. The maximum absolute atomic E-state index is 12.7. The zero-order valence-corrected chi connectivity index (χ0v) is 16.1. The molecule has 0 bridgehead atoms. The Bertz CT molecular complexity index is 947. The fourth-order valence-electron chi connectivity index (χ4n) is 3.77. The van der Waals surface area contributed by atoms with Crippen molar-refractivity contribution in [2.75, 3.05) is 19.6 Å². The van der Waals surface area contributed by atoms with Crippen molar-refractivity contribution >= 4 is 28.4 Å². The van der Waals surface area contributed by atoms with Gasteiger partial charge in [0.1, 0.15) is 0 Å². The highest BCUT2D eigenvalue weighted by Gasteiger charge is 2.29. The lowest BCUT2D eigenvalue weighted by Crippen LogP contribution is -2.50. The molecule has 1 aliphatic rings. The van der Waals surface area contributed by atoms with Crippen LogP contribution >= 0.6 is 11.6 Å². The van der Waals surface area contributed by atoms with Crippen LogP contribution < -0.4 is 10.6 Å². The second kappa shape index (κ2) is 7.75. The lowest BCUT2D eigenvalue weighted by Gasteiger charge is -2.32. The first kappa shape index (κ1) is 18.1. The molecule has 1 aliphatic heterocycles. The van der Waals surface area contributed by atoms with E-state index in [1.165, 1.54) is 0 Å². The van der Waals surface area contributed by atoms with Gasteiger partial charge >= 0.3 is 0 Å². The van der Waals surface area contributed by atoms with E-state index in [0.717, 1.165) is 40.1 Å². The Hall–Kier alpha value is -2.30. The van der Waals surface area contributed by atoms with Crippen molar-refractivity contribution in [3.05, 3.63) is 70.9 Å². The second-order valence-corrected chi connectivity index (χ2v) is 7.72. The molecule has 140 valence electrons. The summed E-state index contributed by atoms with van der Waals surface area (Å²) in [7, 11) is 0. The maximum Gasteiger partial charge on any atom is 0.223 e. The highest BCUT2D eigenvalue weighted by molar-refractivity contribution is 6.31. The van der Waals surface area contributed by atoms with E-state index in [0.29, 0.717) is 12.5 Å². The summed E-state index contributed by atoms with van der Waals surface area (Å²) in [5, 5.41) is 8.29. The van der Waals surface area contributed by atoms with Crippen molar-refractivity contribution in [2.24, 2.45) is 11.8 Å². The molecule has 0 aliphatic carbocycles. The van der Waals surface area contributed by atoms with E-state index >= 15 is 0 Å². The molecule has 3 N–H and O–H groups in total. The van der Waals surface area contributed by atoms with Gasteiger partial charge in [-0.15, -0.1) is 0 Å². The number of rotatable bonds is 6. The zero-order valence-electron chi connectivity index (χ0n) is 15.3. The number of H-pyrrole nitrogens is 1. The second-order valence-electron chi connectivity index (χ2n) is 7.32.